The van der Waals surface area contributed by atoms with Crippen molar-refractivity contribution in [2.45, 2.75) is 18.9 Å². The molecule has 0 radical (unpaired) electrons. The van der Waals surface area contributed by atoms with Crippen LogP contribution in [-0.4, -0.2) is 28.7 Å². The van der Waals surface area contributed by atoms with Crippen LogP contribution in [0.2, 0.25) is 0 Å². The summed E-state index contributed by atoms with van der Waals surface area (Å²) in [4.78, 5) is 12.0. The Morgan fingerprint density at radius 1 is 1.47 bits per heavy atom. The van der Waals surface area contributed by atoms with Gasteiger partial charge in [-0.2, -0.15) is 0 Å². The van der Waals surface area contributed by atoms with E-state index in [-0.39, 0.29) is 11.9 Å². The van der Waals surface area contributed by atoms with Gasteiger partial charge in [0.05, 0.1) is 6.04 Å². The first kappa shape index (κ1) is 11.9. The van der Waals surface area contributed by atoms with Crippen molar-refractivity contribution in [2.24, 2.45) is 0 Å². The maximum Gasteiger partial charge on any atom is 0.247 e. The standard InChI is InChI=1S/C13H14N4O2/c18-12(11-5-2-6-14-11)16-10-4-1-3-9(7-10)13-17-15-8-19-13/h1,3-4,7-8,11,14H,2,5-6H2,(H,16,18)/t11-/m0/s1. The molecule has 0 spiro atoms. The van der Waals surface area contributed by atoms with E-state index in [2.05, 4.69) is 20.8 Å². The summed E-state index contributed by atoms with van der Waals surface area (Å²) in [7, 11) is 0. The van der Waals surface area contributed by atoms with Crippen molar-refractivity contribution in [2.75, 3.05) is 11.9 Å². The number of benzene rings is 1. The van der Waals surface area contributed by atoms with Crippen molar-refractivity contribution in [3.63, 3.8) is 0 Å². The molecule has 6 nitrogen and oxygen atoms in total. The Hall–Kier alpha value is -2.21. The van der Waals surface area contributed by atoms with Crippen molar-refractivity contribution in [1.82, 2.24) is 15.5 Å². The lowest BCUT2D eigenvalue weighted by atomic mass is 10.1. The van der Waals surface area contributed by atoms with Crippen molar-refractivity contribution < 1.29 is 9.21 Å². The molecule has 3 rings (SSSR count). The van der Waals surface area contributed by atoms with E-state index < -0.39 is 0 Å². The Kier molecular flexibility index (Phi) is 3.24. The van der Waals surface area contributed by atoms with Gasteiger partial charge in [-0.3, -0.25) is 4.79 Å². The number of amides is 1. The molecule has 98 valence electrons. The van der Waals surface area contributed by atoms with Crippen LogP contribution in [0, 0.1) is 0 Å². The number of hydrogen-bond donors (Lipinski definition) is 2. The molecule has 2 N–H and O–H groups in total. The molecule has 1 saturated heterocycles. The molecular formula is C13H14N4O2. The Labute approximate surface area is 110 Å². The number of nitrogens with one attached hydrogen (secondary N) is 2. The van der Waals surface area contributed by atoms with Gasteiger partial charge in [0, 0.05) is 11.3 Å². The number of nitrogens with zero attached hydrogens (tertiary/aromatic N) is 2. The molecule has 1 atom stereocenters. The average Bonchev–Trinajstić information content (AvgIpc) is 3.13. The molecule has 1 aromatic heterocycles. The summed E-state index contributed by atoms with van der Waals surface area (Å²) in [6.07, 6.45) is 3.21. The lowest BCUT2D eigenvalue weighted by Crippen LogP contribution is -2.35. The summed E-state index contributed by atoms with van der Waals surface area (Å²) in [5.74, 6) is 0.440. The van der Waals surface area contributed by atoms with Crippen molar-refractivity contribution in [1.29, 1.82) is 0 Å². The third kappa shape index (κ3) is 2.63. The van der Waals surface area contributed by atoms with Gasteiger partial charge in [-0.25, -0.2) is 0 Å². The minimum Gasteiger partial charge on any atom is -0.423 e. The number of aromatic nitrogens is 2. The van der Waals surface area contributed by atoms with Crippen LogP contribution < -0.4 is 10.6 Å². The zero-order chi connectivity index (χ0) is 13.1. The molecule has 0 bridgehead atoms. The van der Waals surface area contributed by atoms with Crippen molar-refractivity contribution in [3.8, 4) is 11.5 Å². The second-order valence-corrected chi connectivity index (χ2v) is 4.46. The van der Waals surface area contributed by atoms with Gasteiger partial charge in [-0.1, -0.05) is 6.07 Å². The topological polar surface area (TPSA) is 80.1 Å². The Balaban J connectivity index is 1.74. The molecule has 1 fully saturated rings. The largest absolute Gasteiger partial charge is 0.423 e. The Morgan fingerprint density at radius 2 is 2.42 bits per heavy atom. The van der Waals surface area contributed by atoms with E-state index in [1.807, 2.05) is 24.3 Å². The minimum absolute atomic E-state index is 0.000166. The second-order valence-electron chi connectivity index (χ2n) is 4.46. The van der Waals surface area contributed by atoms with E-state index in [4.69, 9.17) is 4.42 Å². The van der Waals surface area contributed by atoms with E-state index in [0.29, 0.717) is 5.89 Å². The van der Waals surface area contributed by atoms with Gasteiger partial charge in [-0.15, -0.1) is 10.2 Å². The lowest BCUT2D eigenvalue weighted by molar-refractivity contribution is -0.117. The van der Waals surface area contributed by atoms with Crippen LogP contribution in [0.5, 0.6) is 0 Å². The van der Waals surface area contributed by atoms with Crippen LogP contribution in [0.15, 0.2) is 35.1 Å². The Bertz CT molecular complexity index is 562. The van der Waals surface area contributed by atoms with Crippen molar-refractivity contribution >= 4 is 11.6 Å². The highest BCUT2D eigenvalue weighted by Gasteiger charge is 2.21. The summed E-state index contributed by atoms with van der Waals surface area (Å²) in [5, 5.41) is 13.5. The molecule has 1 aliphatic rings. The summed E-state index contributed by atoms with van der Waals surface area (Å²) in [6.45, 7) is 0.903. The average molecular weight is 258 g/mol. The van der Waals surface area contributed by atoms with E-state index in [0.717, 1.165) is 30.6 Å². The molecule has 6 heteroatoms. The zero-order valence-corrected chi connectivity index (χ0v) is 10.3. The quantitative estimate of drug-likeness (QED) is 0.870. The van der Waals surface area contributed by atoms with Crippen LogP contribution in [0.4, 0.5) is 5.69 Å². The Morgan fingerprint density at radius 3 is 3.16 bits per heavy atom. The monoisotopic (exact) mass is 258 g/mol. The summed E-state index contributed by atoms with van der Waals surface area (Å²) in [5.41, 5.74) is 1.52. The van der Waals surface area contributed by atoms with Gasteiger partial charge < -0.3 is 15.1 Å². The van der Waals surface area contributed by atoms with E-state index in [1.165, 1.54) is 6.39 Å². The number of carbonyl (C=O) groups is 1. The van der Waals surface area contributed by atoms with Gasteiger partial charge in [0.25, 0.3) is 0 Å². The normalized spacial score (nSPS) is 18.4. The molecule has 1 aliphatic heterocycles. The van der Waals surface area contributed by atoms with Gasteiger partial charge in [-0.05, 0) is 37.6 Å². The van der Waals surface area contributed by atoms with Gasteiger partial charge in [0.1, 0.15) is 0 Å². The zero-order valence-electron chi connectivity index (χ0n) is 10.3. The first-order valence-corrected chi connectivity index (χ1v) is 6.24. The second kappa shape index (κ2) is 5.19. The predicted molar refractivity (Wildman–Crippen MR) is 69.4 cm³/mol. The maximum atomic E-state index is 12.0. The smallest absolute Gasteiger partial charge is 0.247 e. The minimum atomic E-state index is -0.0907. The number of hydrogen-bond acceptors (Lipinski definition) is 5. The lowest BCUT2D eigenvalue weighted by Gasteiger charge is -2.11. The van der Waals surface area contributed by atoms with E-state index in [1.54, 1.807) is 0 Å². The highest BCUT2D eigenvalue weighted by Crippen LogP contribution is 2.20. The van der Waals surface area contributed by atoms with Crippen molar-refractivity contribution in [3.05, 3.63) is 30.7 Å². The van der Waals surface area contributed by atoms with Crippen LogP contribution in [0.25, 0.3) is 11.5 Å². The fraction of sp³-hybridized carbons (Fsp3) is 0.308. The number of carbonyl (C=O) groups excluding carboxylic acids is 1. The van der Waals surface area contributed by atoms with Gasteiger partial charge in [0.2, 0.25) is 18.2 Å². The summed E-state index contributed by atoms with van der Waals surface area (Å²) < 4.78 is 5.13. The molecular weight excluding hydrogens is 244 g/mol. The predicted octanol–water partition coefficient (Wildman–Crippen LogP) is 1.43. The van der Waals surface area contributed by atoms with Crippen LogP contribution >= 0.6 is 0 Å². The van der Waals surface area contributed by atoms with Crippen LogP contribution in [-0.2, 0) is 4.79 Å². The SMILES string of the molecule is O=C(Nc1cccc(-c2nnco2)c1)[C@@H]1CCCN1. The third-order valence-corrected chi connectivity index (χ3v) is 3.11. The fourth-order valence-electron chi connectivity index (χ4n) is 2.17. The molecule has 1 amide bonds. The number of anilines is 1. The highest BCUT2D eigenvalue weighted by atomic mass is 16.4. The third-order valence-electron chi connectivity index (χ3n) is 3.11. The van der Waals surface area contributed by atoms with E-state index in [9.17, 15) is 4.79 Å². The van der Waals surface area contributed by atoms with E-state index >= 15 is 0 Å². The molecule has 1 aromatic carbocycles. The molecule has 2 aromatic rings. The number of rotatable bonds is 3. The summed E-state index contributed by atoms with van der Waals surface area (Å²) >= 11 is 0. The van der Waals surface area contributed by atoms with Crippen LogP contribution in [0.3, 0.4) is 0 Å². The fourth-order valence-corrected chi connectivity index (χ4v) is 2.17. The first-order valence-electron chi connectivity index (χ1n) is 6.24. The van der Waals surface area contributed by atoms with Gasteiger partial charge >= 0.3 is 0 Å². The highest BCUT2D eigenvalue weighted by molar-refractivity contribution is 5.95. The molecule has 19 heavy (non-hydrogen) atoms. The molecule has 0 aliphatic carbocycles. The van der Waals surface area contributed by atoms with Crippen LogP contribution in [0.1, 0.15) is 12.8 Å². The van der Waals surface area contributed by atoms with Gasteiger partial charge in [0.15, 0.2) is 0 Å². The maximum absolute atomic E-state index is 12.0. The summed E-state index contributed by atoms with van der Waals surface area (Å²) in [6, 6.07) is 7.27. The molecule has 0 saturated carbocycles. The molecule has 0 unspecified atom stereocenters. The molecule has 2 heterocycles. The first-order chi connectivity index (χ1) is 9.33.